The highest BCUT2D eigenvalue weighted by Crippen LogP contribution is 2.17. The van der Waals surface area contributed by atoms with Crippen LogP contribution in [0.5, 0.6) is 0 Å². The number of anilines is 2. The second-order valence-electron chi connectivity index (χ2n) is 4.50. The van der Waals surface area contributed by atoms with Gasteiger partial charge in [0.25, 0.3) is 0 Å². The van der Waals surface area contributed by atoms with E-state index in [0.29, 0.717) is 0 Å². The van der Waals surface area contributed by atoms with Crippen LogP contribution in [0.2, 0.25) is 0 Å². The Morgan fingerprint density at radius 3 is 2.63 bits per heavy atom. The average Bonchev–Trinajstić information content (AvgIpc) is 2.45. The standard InChI is InChI=1S/C15H20N4/c1-4-19(14-7-5-6-12(2)8-14)11-13-9-18-15(16-3)10-17-13/h5-10H,4,11H2,1-3H3,(H,16,18). The molecule has 0 amide bonds. The molecule has 0 radical (unpaired) electrons. The van der Waals surface area contributed by atoms with Gasteiger partial charge in [0.2, 0.25) is 0 Å². The van der Waals surface area contributed by atoms with E-state index in [-0.39, 0.29) is 0 Å². The highest BCUT2D eigenvalue weighted by atomic mass is 15.1. The van der Waals surface area contributed by atoms with Crippen molar-refractivity contribution in [2.75, 3.05) is 23.8 Å². The van der Waals surface area contributed by atoms with E-state index in [1.807, 2.05) is 13.2 Å². The molecule has 0 bridgehead atoms. The van der Waals surface area contributed by atoms with Crippen LogP contribution in [0.25, 0.3) is 0 Å². The number of rotatable bonds is 5. The molecule has 19 heavy (non-hydrogen) atoms. The van der Waals surface area contributed by atoms with Crippen LogP contribution in [0, 0.1) is 6.92 Å². The minimum atomic E-state index is 0.775. The predicted molar refractivity (Wildman–Crippen MR) is 79.5 cm³/mol. The molecule has 2 rings (SSSR count). The summed E-state index contributed by atoms with van der Waals surface area (Å²) in [5, 5.41) is 2.97. The van der Waals surface area contributed by atoms with Gasteiger partial charge < -0.3 is 10.2 Å². The largest absolute Gasteiger partial charge is 0.372 e. The maximum Gasteiger partial charge on any atom is 0.144 e. The van der Waals surface area contributed by atoms with E-state index >= 15 is 0 Å². The zero-order valence-corrected chi connectivity index (χ0v) is 11.7. The van der Waals surface area contributed by atoms with Gasteiger partial charge in [-0.25, -0.2) is 4.98 Å². The number of hydrogen-bond donors (Lipinski definition) is 1. The van der Waals surface area contributed by atoms with Gasteiger partial charge in [0.1, 0.15) is 5.82 Å². The van der Waals surface area contributed by atoms with Gasteiger partial charge in [0.05, 0.1) is 24.6 Å². The van der Waals surface area contributed by atoms with E-state index in [1.54, 1.807) is 6.20 Å². The number of aromatic nitrogens is 2. The van der Waals surface area contributed by atoms with Gasteiger partial charge in [0.15, 0.2) is 0 Å². The van der Waals surface area contributed by atoms with Gasteiger partial charge in [-0.3, -0.25) is 4.98 Å². The lowest BCUT2D eigenvalue weighted by Crippen LogP contribution is -2.22. The van der Waals surface area contributed by atoms with Crippen LogP contribution in [-0.2, 0) is 6.54 Å². The lowest BCUT2D eigenvalue weighted by atomic mass is 10.2. The summed E-state index contributed by atoms with van der Waals surface area (Å²) in [5.41, 5.74) is 3.47. The minimum Gasteiger partial charge on any atom is -0.372 e. The first kappa shape index (κ1) is 13.3. The summed E-state index contributed by atoms with van der Waals surface area (Å²) in [5.74, 6) is 0.794. The normalized spacial score (nSPS) is 10.3. The summed E-state index contributed by atoms with van der Waals surface area (Å²) in [6, 6.07) is 8.52. The predicted octanol–water partition coefficient (Wildman–Crippen LogP) is 2.85. The average molecular weight is 256 g/mol. The molecule has 0 atom stereocenters. The first-order valence-corrected chi connectivity index (χ1v) is 6.53. The van der Waals surface area contributed by atoms with Crippen molar-refractivity contribution in [1.82, 2.24) is 9.97 Å². The van der Waals surface area contributed by atoms with E-state index in [4.69, 9.17) is 0 Å². The van der Waals surface area contributed by atoms with Crippen molar-refractivity contribution in [3.05, 3.63) is 47.9 Å². The molecule has 1 aromatic carbocycles. The van der Waals surface area contributed by atoms with Gasteiger partial charge in [-0.1, -0.05) is 12.1 Å². The lowest BCUT2D eigenvalue weighted by molar-refractivity contribution is 0.803. The zero-order chi connectivity index (χ0) is 13.7. The van der Waals surface area contributed by atoms with Crippen molar-refractivity contribution >= 4 is 11.5 Å². The van der Waals surface area contributed by atoms with E-state index in [9.17, 15) is 0 Å². The Hall–Kier alpha value is -2.10. The summed E-state index contributed by atoms with van der Waals surface area (Å²) < 4.78 is 0. The summed E-state index contributed by atoms with van der Waals surface area (Å²) in [6.07, 6.45) is 3.59. The van der Waals surface area contributed by atoms with Crippen LogP contribution in [0.4, 0.5) is 11.5 Å². The molecule has 0 fully saturated rings. The Morgan fingerprint density at radius 1 is 1.21 bits per heavy atom. The van der Waals surface area contributed by atoms with Crippen molar-refractivity contribution in [1.29, 1.82) is 0 Å². The SMILES string of the molecule is CCN(Cc1cnc(NC)cn1)c1cccc(C)c1. The van der Waals surface area contributed by atoms with Crippen LogP contribution in [0.3, 0.4) is 0 Å². The van der Waals surface area contributed by atoms with Gasteiger partial charge in [0, 0.05) is 19.3 Å². The Labute approximate surface area is 114 Å². The molecular weight excluding hydrogens is 236 g/mol. The first-order chi connectivity index (χ1) is 9.22. The Balaban J connectivity index is 2.14. The van der Waals surface area contributed by atoms with E-state index in [1.165, 1.54) is 11.3 Å². The highest BCUT2D eigenvalue weighted by molar-refractivity contribution is 5.48. The van der Waals surface area contributed by atoms with Crippen LogP contribution >= 0.6 is 0 Å². The van der Waals surface area contributed by atoms with Crippen molar-refractivity contribution < 1.29 is 0 Å². The smallest absolute Gasteiger partial charge is 0.144 e. The van der Waals surface area contributed by atoms with Crippen molar-refractivity contribution in [2.45, 2.75) is 20.4 Å². The first-order valence-electron chi connectivity index (χ1n) is 6.53. The molecule has 1 N–H and O–H groups in total. The Morgan fingerprint density at radius 2 is 2.05 bits per heavy atom. The number of benzene rings is 1. The van der Waals surface area contributed by atoms with Crippen LogP contribution in [0.1, 0.15) is 18.2 Å². The molecule has 0 saturated heterocycles. The monoisotopic (exact) mass is 256 g/mol. The number of hydrogen-bond acceptors (Lipinski definition) is 4. The Bertz CT molecular complexity index is 522. The molecule has 1 aromatic heterocycles. The molecule has 0 aliphatic heterocycles. The molecule has 0 aliphatic rings. The van der Waals surface area contributed by atoms with E-state index in [2.05, 4.69) is 58.3 Å². The molecule has 2 aromatic rings. The topological polar surface area (TPSA) is 41.1 Å². The minimum absolute atomic E-state index is 0.775. The summed E-state index contributed by atoms with van der Waals surface area (Å²) in [4.78, 5) is 11.0. The summed E-state index contributed by atoms with van der Waals surface area (Å²) in [6.45, 7) is 5.98. The third-order valence-corrected chi connectivity index (χ3v) is 3.06. The fraction of sp³-hybridized carbons (Fsp3) is 0.333. The maximum atomic E-state index is 4.42. The molecule has 4 heteroatoms. The van der Waals surface area contributed by atoms with Crippen LogP contribution < -0.4 is 10.2 Å². The molecule has 0 spiro atoms. The molecule has 4 nitrogen and oxygen atoms in total. The highest BCUT2D eigenvalue weighted by Gasteiger charge is 2.06. The quantitative estimate of drug-likeness (QED) is 0.893. The molecule has 1 heterocycles. The molecular formula is C15H20N4. The second-order valence-corrected chi connectivity index (χ2v) is 4.50. The van der Waals surface area contributed by atoms with Gasteiger partial charge in [-0.05, 0) is 31.5 Å². The molecule has 0 unspecified atom stereocenters. The molecule has 100 valence electrons. The Kier molecular flexibility index (Phi) is 4.34. The van der Waals surface area contributed by atoms with Gasteiger partial charge in [-0.15, -0.1) is 0 Å². The number of aryl methyl sites for hydroxylation is 1. The fourth-order valence-corrected chi connectivity index (χ4v) is 1.97. The second kappa shape index (κ2) is 6.18. The van der Waals surface area contributed by atoms with Gasteiger partial charge >= 0.3 is 0 Å². The van der Waals surface area contributed by atoms with Crippen LogP contribution in [0.15, 0.2) is 36.7 Å². The maximum absolute atomic E-state index is 4.42. The molecule has 0 aliphatic carbocycles. The number of nitrogens with one attached hydrogen (secondary N) is 1. The summed E-state index contributed by atoms with van der Waals surface area (Å²) >= 11 is 0. The van der Waals surface area contributed by atoms with Crippen molar-refractivity contribution in [2.24, 2.45) is 0 Å². The molecule has 0 saturated carbocycles. The van der Waals surface area contributed by atoms with Crippen LogP contribution in [-0.4, -0.2) is 23.6 Å². The third-order valence-electron chi connectivity index (χ3n) is 3.06. The van der Waals surface area contributed by atoms with Gasteiger partial charge in [-0.2, -0.15) is 0 Å². The van der Waals surface area contributed by atoms with Crippen molar-refractivity contribution in [3.8, 4) is 0 Å². The van der Waals surface area contributed by atoms with E-state index in [0.717, 1.165) is 24.6 Å². The fourth-order valence-electron chi connectivity index (χ4n) is 1.97. The number of nitrogens with zero attached hydrogens (tertiary/aromatic N) is 3. The van der Waals surface area contributed by atoms with Crippen molar-refractivity contribution in [3.63, 3.8) is 0 Å². The third kappa shape index (κ3) is 3.44. The lowest BCUT2D eigenvalue weighted by Gasteiger charge is -2.23. The van der Waals surface area contributed by atoms with E-state index < -0.39 is 0 Å². The zero-order valence-electron chi connectivity index (χ0n) is 11.7. The summed E-state index contributed by atoms with van der Waals surface area (Å²) in [7, 11) is 1.84.